The Balaban J connectivity index is 1.62. The van der Waals surface area contributed by atoms with Crippen LogP contribution in [-0.2, 0) is 9.53 Å². The Morgan fingerprint density at radius 3 is 3.10 bits per heavy atom. The van der Waals surface area contributed by atoms with Gasteiger partial charge in [-0.05, 0) is 24.3 Å². The molecule has 5 nitrogen and oxygen atoms in total. The molecule has 2 aromatic heterocycles. The molecular formula is C13H15N3O2S2. The summed E-state index contributed by atoms with van der Waals surface area (Å²) in [7, 11) is 0. The summed E-state index contributed by atoms with van der Waals surface area (Å²) in [6.07, 6.45) is 1.16. The van der Waals surface area contributed by atoms with Gasteiger partial charge in [0.05, 0.1) is 16.7 Å². The maximum atomic E-state index is 12.1. The van der Waals surface area contributed by atoms with Crippen molar-refractivity contribution in [1.82, 2.24) is 4.98 Å². The quantitative estimate of drug-likeness (QED) is 0.908. The van der Waals surface area contributed by atoms with Crippen LogP contribution < -0.4 is 11.1 Å². The molecule has 2 atom stereocenters. The molecule has 0 aliphatic carbocycles. The minimum absolute atomic E-state index is 0.00345. The third kappa shape index (κ3) is 2.90. The first-order chi connectivity index (χ1) is 9.76. The molecule has 0 aromatic carbocycles. The molecule has 3 heterocycles. The van der Waals surface area contributed by atoms with Crippen molar-refractivity contribution in [3.8, 4) is 10.6 Å². The second-order valence-electron chi connectivity index (χ2n) is 4.56. The summed E-state index contributed by atoms with van der Waals surface area (Å²) in [6.45, 7) is 0.462. The number of carbonyl (C=O) groups is 1. The van der Waals surface area contributed by atoms with Gasteiger partial charge in [0.2, 0.25) is 0 Å². The van der Waals surface area contributed by atoms with E-state index >= 15 is 0 Å². The minimum atomic E-state index is -0.405. The smallest absolute Gasteiger partial charge is 0.255 e. The number of aromatic nitrogens is 1. The molecule has 1 amide bonds. The fourth-order valence-electron chi connectivity index (χ4n) is 2.13. The average molecular weight is 309 g/mol. The third-order valence-corrected chi connectivity index (χ3v) is 4.82. The first kappa shape index (κ1) is 13.7. The first-order valence-electron chi connectivity index (χ1n) is 6.42. The molecule has 106 valence electrons. The normalized spacial score (nSPS) is 22.1. The van der Waals surface area contributed by atoms with Crippen LogP contribution in [0.5, 0.6) is 0 Å². The Labute approximate surface area is 124 Å². The zero-order valence-electron chi connectivity index (χ0n) is 10.7. The lowest BCUT2D eigenvalue weighted by molar-refractivity contribution is -0.126. The largest absolute Gasteiger partial charge is 0.364 e. The summed E-state index contributed by atoms with van der Waals surface area (Å²) in [5.74, 6) is -0.131. The Morgan fingerprint density at radius 2 is 2.40 bits per heavy atom. The number of carbonyl (C=O) groups excluding carboxylic acids is 1. The molecule has 0 spiro atoms. The second-order valence-corrected chi connectivity index (χ2v) is 6.37. The lowest BCUT2D eigenvalue weighted by Crippen LogP contribution is -2.29. The number of ether oxygens (including phenoxy) is 1. The van der Waals surface area contributed by atoms with Crippen LogP contribution in [0, 0.1) is 0 Å². The molecule has 1 fully saturated rings. The second kappa shape index (κ2) is 6.01. The Bertz CT molecular complexity index is 582. The highest BCUT2D eigenvalue weighted by atomic mass is 32.1. The summed E-state index contributed by atoms with van der Waals surface area (Å²) in [6, 6.07) is 3.99. The predicted molar refractivity (Wildman–Crippen MR) is 81.0 cm³/mol. The summed E-state index contributed by atoms with van der Waals surface area (Å²) in [4.78, 5) is 17.6. The van der Waals surface area contributed by atoms with Crippen LogP contribution in [0.25, 0.3) is 10.6 Å². The number of hydrogen-bond donors (Lipinski definition) is 2. The van der Waals surface area contributed by atoms with Gasteiger partial charge in [0, 0.05) is 11.9 Å². The van der Waals surface area contributed by atoms with Crippen LogP contribution >= 0.6 is 22.7 Å². The standard InChI is InChI=1S/C13H15N3O2S2/c14-6-8-3-4-10(18-8)12(17)16-13-15-9(7-20-13)11-2-1-5-19-11/h1-2,5,7-8,10H,3-4,6,14H2,(H,15,16,17)/t8-,10+/m1/s1. The van der Waals surface area contributed by atoms with Crippen LogP contribution in [0.4, 0.5) is 5.13 Å². The number of nitrogens with zero attached hydrogens (tertiary/aromatic N) is 1. The SMILES string of the molecule is NC[C@H]1CC[C@@H](C(=O)Nc2nc(-c3cccs3)cs2)O1. The molecule has 20 heavy (non-hydrogen) atoms. The van der Waals surface area contributed by atoms with Gasteiger partial charge in [0.1, 0.15) is 6.10 Å². The van der Waals surface area contributed by atoms with Crippen molar-refractivity contribution in [2.24, 2.45) is 5.73 Å². The van der Waals surface area contributed by atoms with Gasteiger partial charge < -0.3 is 10.5 Å². The van der Waals surface area contributed by atoms with Crippen LogP contribution in [0.3, 0.4) is 0 Å². The van der Waals surface area contributed by atoms with Gasteiger partial charge in [-0.3, -0.25) is 10.1 Å². The first-order valence-corrected chi connectivity index (χ1v) is 8.18. The molecule has 7 heteroatoms. The van der Waals surface area contributed by atoms with E-state index in [1.807, 2.05) is 22.9 Å². The highest BCUT2D eigenvalue weighted by molar-refractivity contribution is 7.16. The average Bonchev–Trinajstić information content (AvgIpc) is 3.19. The molecule has 0 unspecified atom stereocenters. The lowest BCUT2D eigenvalue weighted by atomic mass is 10.2. The summed E-state index contributed by atoms with van der Waals surface area (Å²) in [5.41, 5.74) is 6.44. The van der Waals surface area contributed by atoms with Crippen molar-refractivity contribution < 1.29 is 9.53 Å². The van der Waals surface area contributed by atoms with Gasteiger partial charge in [0.25, 0.3) is 5.91 Å². The van der Waals surface area contributed by atoms with Crippen LogP contribution in [0.15, 0.2) is 22.9 Å². The molecular weight excluding hydrogens is 294 g/mol. The van der Waals surface area contributed by atoms with E-state index in [1.54, 1.807) is 11.3 Å². The molecule has 3 rings (SSSR count). The van der Waals surface area contributed by atoms with Gasteiger partial charge in [-0.25, -0.2) is 4.98 Å². The number of hydrogen-bond acceptors (Lipinski definition) is 6. The number of thiophene rings is 1. The molecule has 3 N–H and O–H groups in total. The van der Waals surface area contributed by atoms with Crippen molar-refractivity contribution in [3.05, 3.63) is 22.9 Å². The number of amides is 1. The van der Waals surface area contributed by atoms with E-state index in [9.17, 15) is 4.79 Å². The maximum absolute atomic E-state index is 12.1. The van der Waals surface area contributed by atoms with Gasteiger partial charge in [-0.2, -0.15) is 0 Å². The number of anilines is 1. The Morgan fingerprint density at radius 1 is 1.50 bits per heavy atom. The van der Waals surface area contributed by atoms with E-state index in [-0.39, 0.29) is 12.0 Å². The fourth-order valence-corrected chi connectivity index (χ4v) is 3.60. The molecule has 1 aliphatic heterocycles. The zero-order chi connectivity index (χ0) is 13.9. The van der Waals surface area contributed by atoms with Gasteiger partial charge in [-0.1, -0.05) is 6.07 Å². The van der Waals surface area contributed by atoms with E-state index in [0.29, 0.717) is 11.7 Å². The van der Waals surface area contributed by atoms with E-state index in [0.717, 1.165) is 23.4 Å². The van der Waals surface area contributed by atoms with Gasteiger partial charge in [-0.15, -0.1) is 22.7 Å². The monoisotopic (exact) mass is 309 g/mol. The Kier molecular flexibility index (Phi) is 4.11. The van der Waals surface area contributed by atoms with Crippen LogP contribution in [0.1, 0.15) is 12.8 Å². The maximum Gasteiger partial charge on any atom is 0.255 e. The van der Waals surface area contributed by atoms with Crippen molar-refractivity contribution in [2.45, 2.75) is 25.0 Å². The van der Waals surface area contributed by atoms with Crippen molar-refractivity contribution in [1.29, 1.82) is 0 Å². The third-order valence-electron chi connectivity index (χ3n) is 3.17. The van der Waals surface area contributed by atoms with E-state index in [1.165, 1.54) is 11.3 Å². The molecule has 1 aliphatic rings. The number of rotatable bonds is 4. The van der Waals surface area contributed by atoms with Crippen molar-refractivity contribution in [3.63, 3.8) is 0 Å². The van der Waals surface area contributed by atoms with E-state index in [4.69, 9.17) is 10.5 Å². The number of thiazole rings is 1. The molecule has 0 saturated carbocycles. The minimum Gasteiger partial charge on any atom is -0.364 e. The van der Waals surface area contributed by atoms with E-state index < -0.39 is 6.10 Å². The lowest BCUT2D eigenvalue weighted by Gasteiger charge is -2.11. The van der Waals surface area contributed by atoms with Crippen LogP contribution in [-0.4, -0.2) is 29.6 Å². The topological polar surface area (TPSA) is 77.2 Å². The van der Waals surface area contributed by atoms with Gasteiger partial charge in [0.15, 0.2) is 5.13 Å². The predicted octanol–water partition coefficient (Wildman–Crippen LogP) is 2.32. The fraction of sp³-hybridized carbons (Fsp3) is 0.385. The van der Waals surface area contributed by atoms with Crippen molar-refractivity contribution in [2.75, 3.05) is 11.9 Å². The summed E-state index contributed by atoms with van der Waals surface area (Å²) < 4.78 is 5.57. The Hall–Kier alpha value is -1.28. The molecule has 0 radical (unpaired) electrons. The summed E-state index contributed by atoms with van der Waals surface area (Å²) >= 11 is 3.05. The van der Waals surface area contributed by atoms with Crippen LogP contribution in [0.2, 0.25) is 0 Å². The number of nitrogens with one attached hydrogen (secondary N) is 1. The zero-order valence-corrected chi connectivity index (χ0v) is 12.4. The highest BCUT2D eigenvalue weighted by Gasteiger charge is 2.30. The van der Waals surface area contributed by atoms with Gasteiger partial charge >= 0.3 is 0 Å². The molecule has 0 bridgehead atoms. The van der Waals surface area contributed by atoms with Crippen molar-refractivity contribution >= 4 is 33.7 Å². The van der Waals surface area contributed by atoms with E-state index in [2.05, 4.69) is 10.3 Å². The molecule has 2 aromatic rings. The highest BCUT2D eigenvalue weighted by Crippen LogP contribution is 2.29. The molecule has 1 saturated heterocycles. The number of nitrogens with two attached hydrogens (primary N) is 1. The summed E-state index contributed by atoms with van der Waals surface area (Å²) in [5, 5.41) is 7.38.